The van der Waals surface area contributed by atoms with Gasteiger partial charge in [-0.2, -0.15) is 0 Å². The van der Waals surface area contributed by atoms with Gasteiger partial charge in [0.25, 0.3) is 0 Å². The molecule has 4 N–H and O–H groups in total. The summed E-state index contributed by atoms with van der Waals surface area (Å²) in [4.78, 5) is 0. The van der Waals surface area contributed by atoms with Gasteiger partial charge >= 0.3 is 0 Å². The molecule has 0 aromatic rings. The van der Waals surface area contributed by atoms with Gasteiger partial charge in [0, 0.05) is 12.1 Å². The van der Waals surface area contributed by atoms with Crippen molar-refractivity contribution < 1.29 is 4.43 Å². The molecule has 14 heavy (non-hydrogen) atoms. The molecule has 0 bridgehead atoms. The van der Waals surface area contributed by atoms with E-state index < -0.39 is 9.76 Å². The largest absolute Gasteiger partial charge is 0.421 e. The van der Waals surface area contributed by atoms with E-state index in [0.717, 1.165) is 18.9 Å². The summed E-state index contributed by atoms with van der Waals surface area (Å²) in [6.07, 6.45) is 2.71. The number of rotatable bonds is 8. The summed E-state index contributed by atoms with van der Waals surface area (Å²) >= 11 is 0. The number of hydrogen-bond acceptors (Lipinski definition) is 3. The molecular formula is C10H26N2OSi. The fourth-order valence-corrected chi connectivity index (χ4v) is 3.51. The van der Waals surface area contributed by atoms with Gasteiger partial charge in [-0.1, -0.05) is 13.8 Å². The first-order chi connectivity index (χ1) is 6.65. The molecule has 0 spiro atoms. The fourth-order valence-electron chi connectivity index (χ4n) is 1.51. The lowest BCUT2D eigenvalue weighted by Crippen LogP contribution is -2.33. The summed E-state index contributed by atoms with van der Waals surface area (Å²) < 4.78 is 5.85. The maximum absolute atomic E-state index is 5.85. The lowest BCUT2D eigenvalue weighted by molar-refractivity contribution is 0.200. The quantitative estimate of drug-likeness (QED) is 0.587. The highest BCUT2D eigenvalue weighted by Crippen LogP contribution is 2.08. The standard InChI is InChI=1S/C10H26N2OSi/c1-4-10(5-2)13-14-7-9(6-11)8(3)12/h8-10H,4-7,11-12,14H2,1-3H3. The van der Waals surface area contributed by atoms with Crippen LogP contribution in [0.15, 0.2) is 0 Å². The Morgan fingerprint density at radius 1 is 1.29 bits per heavy atom. The third kappa shape index (κ3) is 5.75. The lowest BCUT2D eigenvalue weighted by atomic mass is 10.1. The second kappa shape index (κ2) is 8.41. The van der Waals surface area contributed by atoms with E-state index in [1.165, 1.54) is 0 Å². The van der Waals surface area contributed by atoms with E-state index in [1.807, 2.05) is 6.92 Å². The highest BCUT2D eigenvalue weighted by Gasteiger charge is 2.12. The summed E-state index contributed by atoms with van der Waals surface area (Å²) in [5.41, 5.74) is 11.5. The van der Waals surface area contributed by atoms with Gasteiger partial charge in [-0.15, -0.1) is 0 Å². The van der Waals surface area contributed by atoms with Gasteiger partial charge in [-0.05, 0) is 38.3 Å². The van der Waals surface area contributed by atoms with Gasteiger partial charge in [0.2, 0.25) is 0 Å². The molecule has 0 aromatic heterocycles. The molecule has 0 heterocycles. The Hall–Kier alpha value is 0.0969. The van der Waals surface area contributed by atoms with Crippen LogP contribution in [0.3, 0.4) is 0 Å². The van der Waals surface area contributed by atoms with Crippen LogP contribution in [-0.4, -0.2) is 28.5 Å². The van der Waals surface area contributed by atoms with Gasteiger partial charge in [0.05, 0.1) is 0 Å². The van der Waals surface area contributed by atoms with Gasteiger partial charge in [0.15, 0.2) is 9.76 Å². The molecule has 0 aromatic carbocycles. The number of nitrogens with two attached hydrogens (primary N) is 2. The van der Waals surface area contributed by atoms with Crippen molar-refractivity contribution in [2.24, 2.45) is 17.4 Å². The van der Waals surface area contributed by atoms with Crippen molar-refractivity contribution in [3.63, 3.8) is 0 Å². The van der Waals surface area contributed by atoms with Crippen molar-refractivity contribution in [3.8, 4) is 0 Å². The molecule has 0 fully saturated rings. The summed E-state index contributed by atoms with van der Waals surface area (Å²) in [6.45, 7) is 7.07. The Morgan fingerprint density at radius 3 is 2.21 bits per heavy atom. The van der Waals surface area contributed by atoms with Gasteiger partial charge < -0.3 is 15.9 Å². The van der Waals surface area contributed by atoms with E-state index in [1.54, 1.807) is 0 Å². The molecule has 2 unspecified atom stereocenters. The molecule has 0 aliphatic heterocycles. The Kier molecular flexibility index (Phi) is 8.47. The Labute approximate surface area is 90.5 Å². The average molecular weight is 218 g/mol. The van der Waals surface area contributed by atoms with Crippen LogP contribution in [0.25, 0.3) is 0 Å². The molecule has 2 atom stereocenters. The Balaban J connectivity index is 3.59. The predicted octanol–water partition coefficient (Wildman–Crippen LogP) is 0.616. The van der Waals surface area contributed by atoms with Crippen LogP contribution in [-0.2, 0) is 4.43 Å². The van der Waals surface area contributed by atoms with Crippen molar-refractivity contribution in [3.05, 3.63) is 0 Å². The molecule has 0 rings (SSSR count). The topological polar surface area (TPSA) is 61.3 Å². The normalized spacial score (nSPS) is 16.7. The summed E-state index contributed by atoms with van der Waals surface area (Å²) in [5.74, 6) is 0.455. The molecule has 0 aliphatic carbocycles. The van der Waals surface area contributed by atoms with Crippen molar-refractivity contribution >= 4 is 9.76 Å². The van der Waals surface area contributed by atoms with Gasteiger partial charge in [-0.3, -0.25) is 0 Å². The third-order valence-corrected chi connectivity index (χ3v) is 4.48. The number of hydrogen-bond donors (Lipinski definition) is 2. The van der Waals surface area contributed by atoms with Crippen LogP contribution in [0.4, 0.5) is 0 Å². The Morgan fingerprint density at radius 2 is 1.86 bits per heavy atom. The van der Waals surface area contributed by atoms with Crippen molar-refractivity contribution in [1.82, 2.24) is 0 Å². The predicted molar refractivity (Wildman–Crippen MR) is 65.0 cm³/mol. The van der Waals surface area contributed by atoms with E-state index in [4.69, 9.17) is 15.9 Å². The van der Waals surface area contributed by atoms with Crippen molar-refractivity contribution in [2.75, 3.05) is 6.54 Å². The zero-order valence-electron chi connectivity index (χ0n) is 9.83. The molecular weight excluding hydrogens is 192 g/mol. The minimum Gasteiger partial charge on any atom is -0.421 e. The van der Waals surface area contributed by atoms with E-state index in [2.05, 4.69) is 13.8 Å². The van der Waals surface area contributed by atoms with Gasteiger partial charge in [0.1, 0.15) is 0 Å². The first-order valence-corrected chi connectivity index (χ1v) is 7.30. The maximum atomic E-state index is 5.85. The second-order valence-corrected chi connectivity index (χ2v) is 5.27. The minimum atomic E-state index is -0.419. The van der Waals surface area contributed by atoms with E-state index in [0.29, 0.717) is 18.6 Å². The molecule has 0 aliphatic rings. The molecule has 0 radical (unpaired) electrons. The molecule has 86 valence electrons. The minimum absolute atomic E-state index is 0.206. The highest BCUT2D eigenvalue weighted by molar-refractivity contribution is 6.27. The maximum Gasteiger partial charge on any atom is 0.162 e. The molecule has 0 amide bonds. The van der Waals surface area contributed by atoms with Crippen LogP contribution in [0, 0.1) is 5.92 Å². The van der Waals surface area contributed by atoms with Crippen LogP contribution in [0.5, 0.6) is 0 Å². The van der Waals surface area contributed by atoms with Crippen LogP contribution in [0.1, 0.15) is 33.6 Å². The smallest absolute Gasteiger partial charge is 0.162 e. The average Bonchev–Trinajstić information content (AvgIpc) is 2.18. The van der Waals surface area contributed by atoms with Crippen molar-refractivity contribution in [1.29, 1.82) is 0 Å². The molecule has 0 saturated carbocycles. The van der Waals surface area contributed by atoms with Crippen LogP contribution >= 0.6 is 0 Å². The molecule has 0 saturated heterocycles. The van der Waals surface area contributed by atoms with E-state index >= 15 is 0 Å². The fraction of sp³-hybridized carbons (Fsp3) is 1.00. The molecule has 4 heteroatoms. The third-order valence-electron chi connectivity index (χ3n) is 2.80. The highest BCUT2D eigenvalue weighted by atomic mass is 28.2. The zero-order chi connectivity index (χ0) is 11.0. The molecule has 3 nitrogen and oxygen atoms in total. The van der Waals surface area contributed by atoms with Crippen LogP contribution in [0.2, 0.25) is 6.04 Å². The lowest BCUT2D eigenvalue weighted by Gasteiger charge is -2.20. The van der Waals surface area contributed by atoms with E-state index in [9.17, 15) is 0 Å². The first kappa shape index (κ1) is 14.1. The first-order valence-electron chi connectivity index (χ1n) is 5.72. The van der Waals surface area contributed by atoms with Crippen molar-refractivity contribution in [2.45, 2.75) is 51.8 Å². The monoisotopic (exact) mass is 218 g/mol. The van der Waals surface area contributed by atoms with Crippen LogP contribution < -0.4 is 11.5 Å². The summed E-state index contributed by atoms with van der Waals surface area (Å²) in [7, 11) is -0.419. The van der Waals surface area contributed by atoms with Gasteiger partial charge in [-0.25, -0.2) is 0 Å². The zero-order valence-corrected chi connectivity index (χ0v) is 11.2. The van der Waals surface area contributed by atoms with E-state index in [-0.39, 0.29) is 6.04 Å². The second-order valence-electron chi connectivity index (χ2n) is 3.95. The summed E-state index contributed by atoms with van der Waals surface area (Å²) in [6, 6.07) is 1.32. The Bertz CT molecular complexity index is 129. The summed E-state index contributed by atoms with van der Waals surface area (Å²) in [5, 5.41) is 0. The SMILES string of the molecule is CCC(CC)O[SiH2]CC(CN)C(C)N.